The number of hydrogen-bond acceptors (Lipinski definition) is 3. The number of rotatable bonds is 3. The van der Waals surface area contributed by atoms with Gasteiger partial charge in [0.1, 0.15) is 4.99 Å². The summed E-state index contributed by atoms with van der Waals surface area (Å²) in [4.78, 5) is 14.6. The van der Waals surface area contributed by atoms with Gasteiger partial charge >= 0.3 is 0 Å². The summed E-state index contributed by atoms with van der Waals surface area (Å²) in [7, 11) is 2.06. The minimum absolute atomic E-state index is 0.0617. The number of nitrogens with one attached hydrogen (secondary N) is 1. The van der Waals surface area contributed by atoms with Gasteiger partial charge in [0, 0.05) is 23.7 Å². The predicted octanol–water partition coefficient (Wildman–Crippen LogP) is 0.755. The average molecular weight is 263 g/mol. The van der Waals surface area contributed by atoms with E-state index in [0.29, 0.717) is 10.6 Å². The highest BCUT2D eigenvalue weighted by atomic mass is 32.1. The lowest BCUT2D eigenvalue weighted by atomic mass is 10.1. The van der Waals surface area contributed by atoms with E-state index in [-0.39, 0.29) is 11.9 Å². The SMILES string of the molecule is CN1CCC(NC(=O)c2cccc(C(N)=S)c2)C1. The van der Waals surface area contributed by atoms with Crippen molar-refractivity contribution in [3.8, 4) is 0 Å². The molecule has 2 rings (SSSR count). The first-order chi connectivity index (χ1) is 8.56. The van der Waals surface area contributed by atoms with Gasteiger partial charge in [-0.2, -0.15) is 0 Å². The lowest BCUT2D eigenvalue weighted by Gasteiger charge is -2.13. The average Bonchev–Trinajstić information content (AvgIpc) is 2.75. The Morgan fingerprint density at radius 2 is 2.22 bits per heavy atom. The van der Waals surface area contributed by atoms with Gasteiger partial charge in [0.25, 0.3) is 5.91 Å². The van der Waals surface area contributed by atoms with Crippen LogP contribution in [0.5, 0.6) is 0 Å². The number of likely N-dealkylation sites (N-methyl/N-ethyl adjacent to an activating group) is 1. The molecule has 4 nitrogen and oxygen atoms in total. The lowest BCUT2D eigenvalue weighted by molar-refractivity contribution is 0.0938. The van der Waals surface area contributed by atoms with Crippen LogP contribution in [-0.2, 0) is 0 Å². The van der Waals surface area contributed by atoms with E-state index >= 15 is 0 Å². The molecule has 0 radical (unpaired) electrons. The normalized spacial score (nSPS) is 19.7. The van der Waals surface area contributed by atoms with E-state index in [2.05, 4.69) is 17.3 Å². The van der Waals surface area contributed by atoms with Crippen LogP contribution in [0.1, 0.15) is 22.3 Å². The first-order valence-electron chi connectivity index (χ1n) is 5.95. The van der Waals surface area contributed by atoms with Crippen molar-refractivity contribution in [1.29, 1.82) is 0 Å². The van der Waals surface area contributed by atoms with Crippen LogP contribution in [0, 0.1) is 0 Å². The molecule has 1 aromatic rings. The molecule has 1 heterocycles. The van der Waals surface area contributed by atoms with Gasteiger partial charge in [-0.3, -0.25) is 4.79 Å². The first kappa shape index (κ1) is 13.0. The molecule has 1 aromatic carbocycles. The van der Waals surface area contributed by atoms with Gasteiger partial charge in [0.05, 0.1) is 0 Å². The molecule has 3 N–H and O–H groups in total. The van der Waals surface area contributed by atoms with Crippen molar-refractivity contribution in [3.63, 3.8) is 0 Å². The van der Waals surface area contributed by atoms with Gasteiger partial charge in [-0.1, -0.05) is 24.4 Å². The van der Waals surface area contributed by atoms with Gasteiger partial charge < -0.3 is 16.0 Å². The van der Waals surface area contributed by atoms with Crippen LogP contribution in [0.3, 0.4) is 0 Å². The predicted molar refractivity (Wildman–Crippen MR) is 75.7 cm³/mol. The Kier molecular flexibility index (Phi) is 3.93. The maximum absolute atomic E-state index is 12.1. The van der Waals surface area contributed by atoms with Crippen LogP contribution in [0.4, 0.5) is 0 Å². The van der Waals surface area contributed by atoms with Gasteiger partial charge in [-0.25, -0.2) is 0 Å². The minimum atomic E-state index is -0.0617. The topological polar surface area (TPSA) is 58.4 Å². The third-order valence-corrected chi connectivity index (χ3v) is 3.37. The fraction of sp³-hybridized carbons (Fsp3) is 0.385. The summed E-state index contributed by atoms with van der Waals surface area (Å²) in [6.45, 7) is 1.93. The van der Waals surface area contributed by atoms with Crippen LogP contribution in [0.2, 0.25) is 0 Å². The van der Waals surface area contributed by atoms with Crippen molar-refractivity contribution in [1.82, 2.24) is 10.2 Å². The maximum atomic E-state index is 12.1. The second kappa shape index (κ2) is 5.46. The number of nitrogens with zero attached hydrogens (tertiary/aromatic N) is 1. The molecule has 0 saturated carbocycles. The molecule has 1 atom stereocenters. The van der Waals surface area contributed by atoms with Crippen molar-refractivity contribution in [2.45, 2.75) is 12.5 Å². The molecule has 1 fully saturated rings. The molecule has 1 amide bonds. The van der Waals surface area contributed by atoms with E-state index in [0.717, 1.165) is 25.1 Å². The standard InChI is InChI=1S/C13H17N3OS/c1-16-6-5-11(8-16)15-13(17)10-4-2-3-9(7-10)12(14)18/h2-4,7,11H,5-6,8H2,1H3,(H2,14,18)(H,15,17). The lowest BCUT2D eigenvalue weighted by Crippen LogP contribution is -2.36. The summed E-state index contributed by atoms with van der Waals surface area (Å²) < 4.78 is 0. The Labute approximate surface area is 112 Å². The van der Waals surface area contributed by atoms with E-state index in [1.807, 2.05) is 6.07 Å². The maximum Gasteiger partial charge on any atom is 0.251 e. The molecule has 1 unspecified atom stereocenters. The summed E-state index contributed by atoms with van der Waals surface area (Å²) in [5.41, 5.74) is 6.89. The number of amides is 1. The van der Waals surface area contributed by atoms with Gasteiger partial charge in [0.2, 0.25) is 0 Å². The zero-order valence-electron chi connectivity index (χ0n) is 10.3. The summed E-state index contributed by atoms with van der Waals surface area (Å²) in [5.74, 6) is -0.0617. The van der Waals surface area contributed by atoms with Crippen LogP contribution >= 0.6 is 12.2 Å². The van der Waals surface area contributed by atoms with Gasteiger partial charge in [-0.15, -0.1) is 0 Å². The highest BCUT2D eigenvalue weighted by Gasteiger charge is 2.21. The van der Waals surface area contributed by atoms with E-state index in [1.165, 1.54) is 0 Å². The monoisotopic (exact) mass is 263 g/mol. The van der Waals surface area contributed by atoms with Crippen LogP contribution in [0.25, 0.3) is 0 Å². The molecular weight excluding hydrogens is 246 g/mol. The number of nitrogens with two attached hydrogens (primary N) is 1. The third kappa shape index (κ3) is 3.05. The minimum Gasteiger partial charge on any atom is -0.389 e. The molecule has 1 saturated heterocycles. The molecule has 0 aromatic heterocycles. The Morgan fingerprint density at radius 3 is 2.83 bits per heavy atom. The smallest absolute Gasteiger partial charge is 0.251 e. The van der Waals surface area contributed by atoms with Crippen molar-refractivity contribution in [2.75, 3.05) is 20.1 Å². The molecule has 1 aliphatic rings. The Hall–Kier alpha value is -1.46. The summed E-state index contributed by atoms with van der Waals surface area (Å²) in [6.07, 6.45) is 0.997. The zero-order chi connectivity index (χ0) is 13.1. The molecule has 1 aliphatic heterocycles. The van der Waals surface area contributed by atoms with Crippen LogP contribution in [-0.4, -0.2) is 42.0 Å². The first-order valence-corrected chi connectivity index (χ1v) is 6.36. The zero-order valence-corrected chi connectivity index (χ0v) is 11.2. The van der Waals surface area contributed by atoms with Gasteiger partial charge in [-0.05, 0) is 32.1 Å². The van der Waals surface area contributed by atoms with Crippen molar-refractivity contribution < 1.29 is 4.79 Å². The largest absolute Gasteiger partial charge is 0.389 e. The molecular formula is C13H17N3OS. The summed E-state index contributed by atoms with van der Waals surface area (Å²) in [5, 5.41) is 3.03. The summed E-state index contributed by atoms with van der Waals surface area (Å²) in [6, 6.07) is 7.34. The number of likely N-dealkylation sites (tertiary alicyclic amines) is 1. The molecule has 5 heteroatoms. The molecule has 0 aliphatic carbocycles. The summed E-state index contributed by atoms with van der Waals surface area (Å²) >= 11 is 4.91. The van der Waals surface area contributed by atoms with E-state index in [1.54, 1.807) is 18.2 Å². The second-order valence-electron chi connectivity index (χ2n) is 4.67. The van der Waals surface area contributed by atoms with Gasteiger partial charge in [0.15, 0.2) is 0 Å². The highest BCUT2D eigenvalue weighted by Crippen LogP contribution is 2.09. The third-order valence-electron chi connectivity index (χ3n) is 3.14. The van der Waals surface area contributed by atoms with Crippen molar-refractivity contribution >= 4 is 23.1 Å². The highest BCUT2D eigenvalue weighted by molar-refractivity contribution is 7.80. The number of carbonyl (C=O) groups is 1. The fourth-order valence-electron chi connectivity index (χ4n) is 2.14. The fourth-order valence-corrected chi connectivity index (χ4v) is 2.26. The van der Waals surface area contributed by atoms with E-state index in [9.17, 15) is 4.79 Å². The molecule has 96 valence electrons. The molecule has 0 spiro atoms. The number of thiocarbonyl (C=S) groups is 1. The Balaban J connectivity index is 2.04. The molecule has 18 heavy (non-hydrogen) atoms. The number of benzene rings is 1. The quantitative estimate of drug-likeness (QED) is 0.790. The molecule has 0 bridgehead atoms. The van der Waals surface area contributed by atoms with E-state index in [4.69, 9.17) is 18.0 Å². The van der Waals surface area contributed by atoms with Crippen molar-refractivity contribution in [2.24, 2.45) is 5.73 Å². The number of hydrogen-bond donors (Lipinski definition) is 2. The van der Waals surface area contributed by atoms with Crippen LogP contribution in [0.15, 0.2) is 24.3 Å². The number of carbonyl (C=O) groups excluding carboxylic acids is 1. The van der Waals surface area contributed by atoms with Crippen LogP contribution < -0.4 is 11.1 Å². The Bertz CT molecular complexity index is 475. The van der Waals surface area contributed by atoms with Crippen molar-refractivity contribution in [3.05, 3.63) is 35.4 Å². The van der Waals surface area contributed by atoms with E-state index < -0.39 is 0 Å². The Morgan fingerprint density at radius 1 is 1.50 bits per heavy atom. The second-order valence-corrected chi connectivity index (χ2v) is 5.11.